The summed E-state index contributed by atoms with van der Waals surface area (Å²) in [6.45, 7) is 0. The molecule has 0 spiro atoms. The van der Waals surface area contributed by atoms with Crippen molar-refractivity contribution in [2.75, 3.05) is 0 Å². The second-order valence-corrected chi connectivity index (χ2v) is 10.3. The van der Waals surface area contributed by atoms with E-state index in [9.17, 15) is 0 Å². The highest BCUT2D eigenvalue weighted by molar-refractivity contribution is 5.31. The Hall–Kier alpha value is -0.780. The van der Waals surface area contributed by atoms with Crippen LogP contribution in [0, 0.1) is 17.8 Å². The van der Waals surface area contributed by atoms with Gasteiger partial charge in [0, 0.05) is 0 Å². The molecular weight excluding hydrogens is 324 g/mol. The SMILES string of the molecule is c1c(CC2CCCCC2)cc(CC2CCCCC2)cc1CC1CCCCC1. The highest BCUT2D eigenvalue weighted by atomic mass is 14.2. The monoisotopic (exact) mass is 366 g/mol. The summed E-state index contributed by atoms with van der Waals surface area (Å²) in [5.41, 5.74) is 5.04. The summed E-state index contributed by atoms with van der Waals surface area (Å²) in [4.78, 5) is 0. The lowest BCUT2D eigenvalue weighted by molar-refractivity contribution is 0.350. The second-order valence-electron chi connectivity index (χ2n) is 10.3. The van der Waals surface area contributed by atoms with Gasteiger partial charge in [0.1, 0.15) is 0 Å². The minimum Gasteiger partial charge on any atom is -0.0558 e. The zero-order valence-electron chi connectivity index (χ0n) is 17.7. The van der Waals surface area contributed by atoms with E-state index in [1.54, 1.807) is 16.7 Å². The van der Waals surface area contributed by atoms with E-state index in [1.165, 1.54) is 116 Å². The first-order valence-corrected chi connectivity index (χ1v) is 12.5. The molecule has 150 valence electrons. The first kappa shape index (κ1) is 19.5. The van der Waals surface area contributed by atoms with Crippen molar-refractivity contribution in [3.05, 3.63) is 34.9 Å². The van der Waals surface area contributed by atoms with Crippen molar-refractivity contribution in [1.82, 2.24) is 0 Å². The fourth-order valence-corrected chi connectivity index (χ4v) is 6.37. The van der Waals surface area contributed by atoms with Crippen molar-refractivity contribution in [3.63, 3.8) is 0 Å². The Morgan fingerprint density at radius 3 is 0.926 bits per heavy atom. The van der Waals surface area contributed by atoms with E-state index in [4.69, 9.17) is 0 Å². The summed E-state index contributed by atoms with van der Waals surface area (Å²) < 4.78 is 0. The van der Waals surface area contributed by atoms with Crippen LogP contribution < -0.4 is 0 Å². The van der Waals surface area contributed by atoms with Crippen LogP contribution in [0.3, 0.4) is 0 Å². The molecule has 3 saturated carbocycles. The first-order valence-electron chi connectivity index (χ1n) is 12.5. The fraction of sp³-hybridized carbons (Fsp3) is 0.778. The molecule has 0 heteroatoms. The number of hydrogen-bond acceptors (Lipinski definition) is 0. The molecular formula is C27H42. The molecule has 0 N–H and O–H groups in total. The number of benzene rings is 1. The van der Waals surface area contributed by atoms with Crippen LogP contribution in [0.4, 0.5) is 0 Å². The minimum absolute atomic E-state index is 0.964. The van der Waals surface area contributed by atoms with Crippen LogP contribution in [0.2, 0.25) is 0 Å². The predicted octanol–water partition coefficient (Wildman–Crippen LogP) is 8.06. The Morgan fingerprint density at radius 1 is 0.407 bits per heavy atom. The molecule has 0 amide bonds. The van der Waals surface area contributed by atoms with Crippen LogP contribution in [0.1, 0.15) is 113 Å². The summed E-state index contributed by atoms with van der Waals surface area (Å²) >= 11 is 0. The van der Waals surface area contributed by atoms with Crippen molar-refractivity contribution in [2.45, 2.75) is 116 Å². The van der Waals surface area contributed by atoms with Gasteiger partial charge >= 0.3 is 0 Å². The van der Waals surface area contributed by atoms with E-state index in [0.29, 0.717) is 0 Å². The molecule has 0 atom stereocenters. The smallest absolute Gasteiger partial charge is 0.0250 e. The highest BCUT2D eigenvalue weighted by Gasteiger charge is 2.19. The molecule has 4 rings (SSSR count). The van der Waals surface area contributed by atoms with Gasteiger partial charge in [-0.1, -0.05) is 115 Å². The van der Waals surface area contributed by atoms with E-state index in [0.717, 1.165) is 17.8 Å². The van der Waals surface area contributed by atoms with Crippen molar-refractivity contribution in [2.24, 2.45) is 17.8 Å². The lowest BCUT2D eigenvalue weighted by Gasteiger charge is -2.25. The Bertz CT molecular complexity index is 460. The third-order valence-electron chi connectivity index (χ3n) is 7.86. The summed E-state index contributed by atoms with van der Waals surface area (Å²) in [5.74, 6) is 2.89. The lowest BCUT2D eigenvalue weighted by atomic mass is 9.80. The zero-order chi connectivity index (χ0) is 18.3. The molecule has 3 aliphatic carbocycles. The van der Waals surface area contributed by atoms with Gasteiger partial charge in [0.2, 0.25) is 0 Å². The average molecular weight is 367 g/mol. The summed E-state index contributed by atoms with van der Waals surface area (Å²) in [5, 5.41) is 0. The second kappa shape index (κ2) is 10.1. The van der Waals surface area contributed by atoms with E-state index in [2.05, 4.69) is 18.2 Å². The molecule has 27 heavy (non-hydrogen) atoms. The number of hydrogen-bond donors (Lipinski definition) is 0. The zero-order valence-corrected chi connectivity index (χ0v) is 17.7. The van der Waals surface area contributed by atoms with E-state index in [-0.39, 0.29) is 0 Å². The van der Waals surface area contributed by atoms with Crippen molar-refractivity contribution in [1.29, 1.82) is 0 Å². The van der Waals surface area contributed by atoms with Gasteiger partial charge in [-0.2, -0.15) is 0 Å². The molecule has 0 bridgehead atoms. The molecule has 1 aromatic carbocycles. The van der Waals surface area contributed by atoms with Crippen molar-refractivity contribution >= 4 is 0 Å². The van der Waals surface area contributed by atoms with Crippen molar-refractivity contribution in [3.8, 4) is 0 Å². The Morgan fingerprint density at radius 2 is 0.667 bits per heavy atom. The predicted molar refractivity (Wildman–Crippen MR) is 117 cm³/mol. The van der Waals surface area contributed by atoms with Gasteiger partial charge in [0.25, 0.3) is 0 Å². The molecule has 1 aromatic rings. The fourth-order valence-electron chi connectivity index (χ4n) is 6.37. The van der Waals surface area contributed by atoms with Crippen LogP contribution in [-0.2, 0) is 19.3 Å². The minimum atomic E-state index is 0.964. The van der Waals surface area contributed by atoms with E-state index >= 15 is 0 Å². The molecule has 3 fully saturated rings. The van der Waals surface area contributed by atoms with Gasteiger partial charge in [-0.25, -0.2) is 0 Å². The quantitative estimate of drug-likeness (QED) is 0.477. The van der Waals surface area contributed by atoms with Gasteiger partial charge in [-0.3, -0.25) is 0 Å². The number of rotatable bonds is 6. The molecule has 3 aliphatic rings. The lowest BCUT2D eigenvalue weighted by Crippen LogP contribution is -2.13. The summed E-state index contributed by atoms with van der Waals surface area (Å²) in [7, 11) is 0. The molecule has 0 radical (unpaired) electrons. The average Bonchev–Trinajstić information content (AvgIpc) is 2.70. The third-order valence-corrected chi connectivity index (χ3v) is 7.86. The van der Waals surface area contributed by atoms with Gasteiger partial charge in [0.15, 0.2) is 0 Å². The van der Waals surface area contributed by atoms with Crippen molar-refractivity contribution < 1.29 is 0 Å². The van der Waals surface area contributed by atoms with Crippen LogP contribution in [-0.4, -0.2) is 0 Å². The normalized spacial score (nSPS) is 23.6. The molecule has 0 unspecified atom stereocenters. The Labute approximate surface area is 168 Å². The summed E-state index contributed by atoms with van der Waals surface area (Å²) in [6, 6.07) is 7.86. The molecule has 0 aliphatic heterocycles. The summed E-state index contributed by atoms with van der Waals surface area (Å²) in [6.07, 6.45) is 26.2. The maximum atomic E-state index is 2.62. The van der Waals surface area contributed by atoms with Gasteiger partial charge in [-0.05, 0) is 53.7 Å². The largest absolute Gasteiger partial charge is 0.0558 e. The third kappa shape index (κ3) is 6.10. The maximum absolute atomic E-state index is 2.62. The van der Waals surface area contributed by atoms with Crippen LogP contribution >= 0.6 is 0 Å². The van der Waals surface area contributed by atoms with Crippen LogP contribution in [0.25, 0.3) is 0 Å². The Balaban J connectivity index is 1.47. The topological polar surface area (TPSA) is 0 Å². The van der Waals surface area contributed by atoms with Crippen LogP contribution in [0.15, 0.2) is 18.2 Å². The molecule has 0 nitrogen and oxygen atoms in total. The van der Waals surface area contributed by atoms with E-state index in [1.807, 2.05) is 0 Å². The Kier molecular flexibility index (Phi) is 7.33. The van der Waals surface area contributed by atoms with Gasteiger partial charge in [-0.15, -0.1) is 0 Å². The molecule has 0 heterocycles. The van der Waals surface area contributed by atoms with Crippen LogP contribution in [0.5, 0.6) is 0 Å². The standard InChI is InChI=1S/C27H42/c1-4-10-22(11-5-1)16-25-19-26(17-23-12-6-2-7-13-23)21-27(20-25)18-24-14-8-3-9-15-24/h19-24H,1-18H2. The highest BCUT2D eigenvalue weighted by Crippen LogP contribution is 2.32. The molecule has 0 aromatic heterocycles. The van der Waals surface area contributed by atoms with Gasteiger partial charge in [0.05, 0.1) is 0 Å². The molecule has 0 saturated heterocycles. The van der Waals surface area contributed by atoms with Gasteiger partial charge < -0.3 is 0 Å². The maximum Gasteiger partial charge on any atom is -0.0250 e. The first-order chi connectivity index (χ1) is 13.3. The van der Waals surface area contributed by atoms with E-state index < -0.39 is 0 Å².